The standard InChI is InChI=1S/C13H10BrCl2NOS/c1-7(8-4-2-3-5-10(8)14)17-13(18)9-6-11(15)19-12(9)16/h2-7H,1H3,(H,17,18)/t7-/m1/s1. The van der Waals surface area contributed by atoms with Crippen molar-refractivity contribution >= 4 is 56.4 Å². The number of halogens is 3. The molecule has 1 heterocycles. The molecule has 0 aliphatic carbocycles. The fourth-order valence-corrected chi connectivity index (χ4v) is 3.76. The van der Waals surface area contributed by atoms with Crippen LogP contribution in [0.4, 0.5) is 0 Å². The van der Waals surface area contributed by atoms with Crippen molar-refractivity contribution < 1.29 is 4.79 Å². The highest BCUT2D eigenvalue weighted by molar-refractivity contribution is 9.10. The first-order valence-corrected chi connectivity index (χ1v) is 7.85. The maximum Gasteiger partial charge on any atom is 0.254 e. The molecule has 1 aromatic heterocycles. The molecule has 0 spiro atoms. The lowest BCUT2D eigenvalue weighted by molar-refractivity contribution is 0.0940. The number of amides is 1. The molecule has 0 aliphatic rings. The summed E-state index contributed by atoms with van der Waals surface area (Å²) in [6, 6.07) is 9.20. The summed E-state index contributed by atoms with van der Waals surface area (Å²) >= 11 is 16.4. The Labute approximate surface area is 133 Å². The van der Waals surface area contributed by atoms with Crippen molar-refractivity contribution in [1.82, 2.24) is 5.32 Å². The second kappa shape index (κ2) is 6.27. The van der Waals surface area contributed by atoms with Crippen molar-refractivity contribution in [2.45, 2.75) is 13.0 Å². The van der Waals surface area contributed by atoms with Gasteiger partial charge < -0.3 is 5.32 Å². The van der Waals surface area contributed by atoms with Gasteiger partial charge >= 0.3 is 0 Å². The minimum Gasteiger partial charge on any atom is -0.345 e. The van der Waals surface area contributed by atoms with Gasteiger partial charge in [0.25, 0.3) is 5.91 Å². The Morgan fingerprint density at radius 1 is 1.37 bits per heavy atom. The van der Waals surface area contributed by atoms with Crippen LogP contribution in [-0.4, -0.2) is 5.91 Å². The number of hydrogen-bond acceptors (Lipinski definition) is 2. The normalized spacial score (nSPS) is 12.2. The van der Waals surface area contributed by atoms with Gasteiger partial charge in [-0.3, -0.25) is 4.79 Å². The summed E-state index contributed by atoms with van der Waals surface area (Å²) in [5.74, 6) is -0.226. The lowest BCUT2D eigenvalue weighted by Crippen LogP contribution is -2.26. The monoisotopic (exact) mass is 377 g/mol. The van der Waals surface area contributed by atoms with E-state index >= 15 is 0 Å². The van der Waals surface area contributed by atoms with Crippen LogP contribution in [0.25, 0.3) is 0 Å². The lowest BCUT2D eigenvalue weighted by atomic mass is 10.1. The molecule has 19 heavy (non-hydrogen) atoms. The smallest absolute Gasteiger partial charge is 0.254 e. The molecule has 2 nitrogen and oxygen atoms in total. The van der Waals surface area contributed by atoms with Gasteiger partial charge in [-0.1, -0.05) is 57.3 Å². The second-order valence-electron chi connectivity index (χ2n) is 3.95. The van der Waals surface area contributed by atoms with Gasteiger partial charge in [-0.2, -0.15) is 0 Å². The third-order valence-electron chi connectivity index (χ3n) is 2.62. The van der Waals surface area contributed by atoms with E-state index in [1.807, 2.05) is 31.2 Å². The van der Waals surface area contributed by atoms with E-state index in [0.29, 0.717) is 14.2 Å². The molecule has 0 aliphatic heterocycles. The maximum atomic E-state index is 12.1. The van der Waals surface area contributed by atoms with Gasteiger partial charge in [-0.05, 0) is 24.6 Å². The Bertz CT molecular complexity index is 614. The predicted molar refractivity (Wildman–Crippen MR) is 84.4 cm³/mol. The zero-order valence-electron chi connectivity index (χ0n) is 9.91. The van der Waals surface area contributed by atoms with E-state index in [1.54, 1.807) is 6.07 Å². The van der Waals surface area contributed by atoms with Crippen LogP contribution in [0.5, 0.6) is 0 Å². The molecule has 0 unspecified atom stereocenters. The first-order chi connectivity index (χ1) is 8.99. The van der Waals surface area contributed by atoms with Crippen LogP contribution in [0.3, 0.4) is 0 Å². The highest BCUT2D eigenvalue weighted by atomic mass is 79.9. The van der Waals surface area contributed by atoms with Crippen LogP contribution in [0.2, 0.25) is 8.67 Å². The van der Waals surface area contributed by atoms with E-state index in [4.69, 9.17) is 23.2 Å². The molecule has 0 bridgehead atoms. The molecule has 1 atom stereocenters. The fraction of sp³-hybridized carbons (Fsp3) is 0.154. The summed E-state index contributed by atoms with van der Waals surface area (Å²) in [5, 5.41) is 2.90. The molecule has 0 saturated heterocycles. The molecule has 2 aromatic rings. The van der Waals surface area contributed by atoms with Crippen LogP contribution in [0.1, 0.15) is 28.9 Å². The van der Waals surface area contributed by atoms with Crippen molar-refractivity contribution in [3.8, 4) is 0 Å². The molecule has 0 saturated carbocycles. The Balaban J connectivity index is 2.15. The number of rotatable bonds is 3. The Hall–Kier alpha value is -0.550. The Kier molecular flexibility index (Phi) is 4.90. The van der Waals surface area contributed by atoms with Gasteiger partial charge in [-0.25, -0.2) is 0 Å². The molecule has 100 valence electrons. The van der Waals surface area contributed by atoms with Gasteiger partial charge in [0.2, 0.25) is 0 Å². The third-order valence-corrected chi connectivity index (χ3v) is 4.83. The third kappa shape index (κ3) is 3.51. The first-order valence-electron chi connectivity index (χ1n) is 5.49. The van der Waals surface area contributed by atoms with Crippen molar-refractivity contribution in [2.24, 2.45) is 0 Å². The van der Waals surface area contributed by atoms with Crippen molar-refractivity contribution in [2.75, 3.05) is 0 Å². The van der Waals surface area contributed by atoms with E-state index in [1.165, 1.54) is 11.3 Å². The second-order valence-corrected chi connectivity index (χ2v) is 7.09. The van der Waals surface area contributed by atoms with E-state index in [2.05, 4.69) is 21.2 Å². The summed E-state index contributed by atoms with van der Waals surface area (Å²) in [5.41, 5.74) is 1.42. The summed E-state index contributed by atoms with van der Waals surface area (Å²) in [4.78, 5) is 12.1. The molecule has 1 N–H and O–H groups in total. The van der Waals surface area contributed by atoms with Gasteiger partial charge in [0, 0.05) is 4.47 Å². The molecular weight excluding hydrogens is 369 g/mol. The molecule has 0 fully saturated rings. The maximum absolute atomic E-state index is 12.1. The summed E-state index contributed by atoms with van der Waals surface area (Å²) in [6.45, 7) is 1.92. The van der Waals surface area contributed by atoms with Gasteiger partial charge in [0.05, 0.1) is 15.9 Å². The molecular formula is C13H10BrCl2NOS. The Morgan fingerprint density at radius 2 is 2.05 bits per heavy atom. The fourth-order valence-electron chi connectivity index (χ4n) is 1.67. The minimum atomic E-state index is -0.226. The topological polar surface area (TPSA) is 29.1 Å². The van der Waals surface area contributed by atoms with Crippen molar-refractivity contribution in [3.05, 3.63) is 54.6 Å². The number of carbonyl (C=O) groups is 1. The first kappa shape index (κ1) is 14.9. The zero-order valence-corrected chi connectivity index (χ0v) is 13.8. The van der Waals surface area contributed by atoms with E-state index in [0.717, 1.165) is 10.0 Å². The van der Waals surface area contributed by atoms with E-state index < -0.39 is 0 Å². The molecule has 2 rings (SSSR count). The van der Waals surface area contributed by atoms with Crippen molar-refractivity contribution in [3.63, 3.8) is 0 Å². The van der Waals surface area contributed by atoms with E-state index in [9.17, 15) is 4.79 Å². The SMILES string of the molecule is C[C@@H](NC(=O)c1cc(Cl)sc1Cl)c1ccccc1Br. The molecule has 0 radical (unpaired) electrons. The Morgan fingerprint density at radius 3 is 2.63 bits per heavy atom. The number of hydrogen-bond donors (Lipinski definition) is 1. The van der Waals surface area contributed by atoms with Crippen LogP contribution in [0, 0.1) is 0 Å². The van der Waals surface area contributed by atoms with Crippen LogP contribution >= 0.6 is 50.5 Å². The molecule has 1 amide bonds. The molecule has 1 aromatic carbocycles. The van der Waals surface area contributed by atoms with Crippen LogP contribution in [0.15, 0.2) is 34.8 Å². The highest BCUT2D eigenvalue weighted by Gasteiger charge is 2.17. The van der Waals surface area contributed by atoms with Crippen LogP contribution in [-0.2, 0) is 0 Å². The number of nitrogens with one attached hydrogen (secondary N) is 1. The zero-order chi connectivity index (χ0) is 14.0. The quantitative estimate of drug-likeness (QED) is 0.770. The average Bonchev–Trinajstić information content (AvgIpc) is 2.69. The highest BCUT2D eigenvalue weighted by Crippen LogP contribution is 2.31. The number of benzene rings is 1. The van der Waals surface area contributed by atoms with E-state index in [-0.39, 0.29) is 11.9 Å². The number of carbonyl (C=O) groups excluding carboxylic acids is 1. The minimum absolute atomic E-state index is 0.127. The molecule has 6 heteroatoms. The van der Waals surface area contributed by atoms with Gasteiger partial charge in [0.1, 0.15) is 4.34 Å². The summed E-state index contributed by atoms with van der Waals surface area (Å²) in [7, 11) is 0. The van der Waals surface area contributed by atoms with Crippen molar-refractivity contribution in [1.29, 1.82) is 0 Å². The lowest BCUT2D eigenvalue weighted by Gasteiger charge is -2.15. The number of thiophene rings is 1. The summed E-state index contributed by atoms with van der Waals surface area (Å²) in [6.07, 6.45) is 0. The average molecular weight is 379 g/mol. The predicted octanol–water partition coefficient (Wildman–Crippen LogP) is 5.31. The van der Waals surface area contributed by atoms with Gasteiger partial charge in [0.15, 0.2) is 0 Å². The largest absolute Gasteiger partial charge is 0.345 e. The van der Waals surface area contributed by atoms with Crippen LogP contribution < -0.4 is 5.32 Å². The van der Waals surface area contributed by atoms with Gasteiger partial charge in [-0.15, -0.1) is 11.3 Å². The summed E-state index contributed by atoms with van der Waals surface area (Å²) < 4.78 is 1.86.